The molecule has 1 N–H and O–H groups in total. The van der Waals surface area contributed by atoms with Gasteiger partial charge in [0, 0.05) is 56.0 Å². The maximum absolute atomic E-state index is 12.5. The SMILES string of the molecule is O=C(Nc1ccc2c(c1)OCCO2)N1CCN(c2ccncc2)CC1. The molecule has 0 atom stereocenters. The highest BCUT2D eigenvalue weighted by molar-refractivity contribution is 5.90. The summed E-state index contributed by atoms with van der Waals surface area (Å²) in [6.07, 6.45) is 3.58. The molecule has 7 heteroatoms. The van der Waals surface area contributed by atoms with Crippen molar-refractivity contribution in [2.75, 3.05) is 49.6 Å². The fourth-order valence-electron chi connectivity index (χ4n) is 3.05. The lowest BCUT2D eigenvalue weighted by Crippen LogP contribution is -2.50. The molecule has 0 aliphatic carbocycles. The Morgan fingerprint density at radius 3 is 2.44 bits per heavy atom. The van der Waals surface area contributed by atoms with Crippen LogP contribution in [0.1, 0.15) is 0 Å². The number of carbonyl (C=O) groups excluding carboxylic acids is 1. The second-order valence-corrected chi connectivity index (χ2v) is 5.97. The van der Waals surface area contributed by atoms with Crippen molar-refractivity contribution in [3.63, 3.8) is 0 Å². The van der Waals surface area contributed by atoms with E-state index in [0.29, 0.717) is 37.7 Å². The van der Waals surface area contributed by atoms with Crippen LogP contribution in [0.4, 0.5) is 16.2 Å². The first kappa shape index (κ1) is 15.6. The monoisotopic (exact) mass is 340 g/mol. The highest BCUT2D eigenvalue weighted by Crippen LogP contribution is 2.32. The van der Waals surface area contributed by atoms with Crippen molar-refractivity contribution in [2.24, 2.45) is 0 Å². The van der Waals surface area contributed by atoms with E-state index in [1.54, 1.807) is 18.5 Å². The van der Waals surface area contributed by atoms with E-state index in [1.165, 1.54) is 0 Å². The van der Waals surface area contributed by atoms with Gasteiger partial charge >= 0.3 is 6.03 Å². The summed E-state index contributed by atoms with van der Waals surface area (Å²) in [7, 11) is 0. The number of aromatic nitrogens is 1. The summed E-state index contributed by atoms with van der Waals surface area (Å²) in [6, 6.07) is 9.35. The van der Waals surface area contributed by atoms with Gasteiger partial charge in [0.25, 0.3) is 0 Å². The zero-order chi connectivity index (χ0) is 17.1. The number of urea groups is 1. The highest BCUT2D eigenvalue weighted by atomic mass is 16.6. The molecule has 0 spiro atoms. The van der Waals surface area contributed by atoms with E-state index in [1.807, 2.05) is 29.2 Å². The number of amides is 2. The van der Waals surface area contributed by atoms with Crippen LogP contribution in [0.15, 0.2) is 42.7 Å². The topological polar surface area (TPSA) is 66.9 Å². The number of fused-ring (bicyclic) bond motifs is 1. The van der Waals surface area contributed by atoms with E-state index < -0.39 is 0 Å². The molecule has 2 aromatic rings. The molecule has 0 bridgehead atoms. The van der Waals surface area contributed by atoms with Crippen LogP contribution in [0.25, 0.3) is 0 Å². The molecule has 7 nitrogen and oxygen atoms in total. The third-order valence-electron chi connectivity index (χ3n) is 4.39. The Balaban J connectivity index is 1.35. The van der Waals surface area contributed by atoms with Crippen molar-refractivity contribution >= 4 is 17.4 Å². The molecule has 1 aromatic heterocycles. The molecule has 2 aliphatic heterocycles. The first-order chi connectivity index (χ1) is 12.3. The van der Waals surface area contributed by atoms with E-state index in [2.05, 4.69) is 15.2 Å². The van der Waals surface area contributed by atoms with Gasteiger partial charge in [0.1, 0.15) is 13.2 Å². The fraction of sp³-hybridized carbons (Fsp3) is 0.333. The first-order valence-corrected chi connectivity index (χ1v) is 8.40. The minimum absolute atomic E-state index is 0.0916. The van der Waals surface area contributed by atoms with E-state index >= 15 is 0 Å². The largest absolute Gasteiger partial charge is 0.486 e. The fourth-order valence-corrected chi connectivity index (χ4v) is 3.05. The molecular weight excluding hydrogens is 320 g/mol. The standard InChI is InChI=1S/C18H20N4O3/c23-18(20-14-1-2-16-17(13-14)25-12-11-24-16)22-9-7-21(8-10-22)15-3-5-19-6-4-15/h1-6,13H,7-12H2,(H,20,23). The van der Waals surface area contributed by atoms with Crippen LogP contribution in [0.3, 0.4) is 0 Å². The molecule has 130 valence electrons. The maximum Gasteiger partial charge on any atom is 0.321 e. The van der Waals surface area contributed by atoms with Crippen molar-refractivity contribution in [3.05, 3.63) is 42.7 Å². The average Bonchev–Trinajstić information content (AvgIpc) is 2.69. The van der Waals surface area contributed by atoms with Crippen LogP contribution in [0.2, 0.25) is 0 Å². The Morgan fingerprint density at radius 1 is 0.960 bits per heavy atom. The summed E-state index contributed by atoms with van der Waals surface area (Å²) in [5, 5.41) is 2.94. The molecule has 2 aliphatic rings. The van der Waals surface area contributed by atoms with Gasteiger partial charge in [0.05, 0.1) is 0 Å². The number of hydrogen-bond donors (Lipinski definition) is 1. The third-order valence-corrected chi connectivity index (χ3v) is 4.39. The lowest BCUT2D eigenvalue weighted by Gasteiger charge is -2.36. The van der Waals surface area contributed by atoms with Gasteiger partial charge in [-0.2, -0.15) is 0 Å². The zero-order valence-electron chi connectivity index (χ0n) is 13.9. The number of rotatable bonds is 2. The molecule has 2 amide bonds. The molecule has 3 heterocycles. The van der Waals surface area contributed by atoms with Gasteiger partial charge in [0.15, 0.2) is 11.5 Å². The van der Waals surface area contributed by atoms with Gasteiger partial charge in [0.2, 0.25) is 0 Å². The molecule has 0 unspecified atom stereocenters. The number of anilines is 2. The third kappa shape index (κ3) is 3.45. The number of nitrogens with one attached hydrogen (secondary N) is 1. The normalized spacial score (nSPS) is 16.5. The van der Waals surface area contributed by atoms with Gasteiger partial charge in [-0.3, -0.25) is 4.98 Å². The molecule has 25 heavy (non-hydrogen) atoms. The molecule has 1 fully saturated rings. The second-order valence-electron chi connectivity index (χ2n) is 5.97. The number of benzene rings is 1. The summed E-state index contributed by atoms with van der Waals surface area (Å²) >= 11 is 0. The van der Waals surface area contributed by atoms with Gasteiger partial charge in [-0.15, -0.1) is 0 Å². The lowest BCUT2D eigenvalue weighted by molar-refractivity contribution is 0.171. The highest BCUT2D eigenvalue weighted by Gasteiger charge is 2.22. The van der Waals surface area contributed by atoms with Gasteiger partial charge in [-0.25, -0.2) is 4.79 Å². The number of piperazine rings is 1. The summed E-state index contributed by atoms with van der Waals surface area (Å²) in [5.74, 6) is 1.39. The quantitative estimate of drug-likeness (QED) is 0.908. The van der Waals surface area contributed by atoms with E-state index in [9.17, 15) is 4.79 Å². The summed E-state index contributed by atoms with van der Waals surface area (Å²) in [6.45, 7) is 4.05. The predicted octanol–water partition coefficient (Wildman–Crippen LogP) is 2.21. The molecule has 1 saturated heterocycles. The predicted molar refractivity (Wildman–Crippen MR) is 94.5 cm³/mol. The van der Waals surface area contributed by atoms with Crippen molar-refractivity contribution in [3.8, 4) is 11.5 Å². The van der Waals surface area contributed by atoms with Crippen LogP contribution in [-0.2, 0) is 0 Å². The van der Waals surface area contributed by atoms with E-state index in [0.717, 1.165) is 24.5 Å². The zero-order valence-corrected chi connectivity index (χ0v) is 13.9. The van der Waals surface area contributed by atoms with Gasteiger partial charge in [-0.1, -0.05) is 0 Å². The molecule has 1 aromatic carbocycles. The van der Waals surface area contributed by atoms with Crippen molar-refractivity contribution in [1.29, 1.82) is 0 Å². The minimum Gasteiger partial charge on any atom is -0.486 e. The molecular formula is C18H20N4O3. The summed E-state index contributed by atoms with van der Waals surface area (Å²) in [5.41, 5.74) is 1.85. The number of nitrogens with zero attached hydrogens (tertiary/aromatic N) is 3. The first-order valence-electron chi connectivity index (χ1n) is 8.40. The van der Waals surface area contributed by atoms with Crippen molar-refractivity contribution in [2.45, 2.75) is 0 Å². The molecule has 4 rings (SSSR count). The van der Waals surface area contributed by atoms with Gasteiger partial charge in [-0.05, 0) is 24.3 Å². The summed E-state index contributed by atoms with van der Waals surface area (Å²) < 4.78 is 11.0. The average molecular weight is 340 g/mol. The van der Waals surface area contributed by atoms with Crippen LogP contribution >= 0.6 is 0 Å². The number of carbonyl (C=O) groups is 1. The molecule has 0 radical (unpaired) electrons. The van der Waals surface area contributed by atoms with Crippen LogP contribution in [-0.4, -0.2) is 55.3 Å². The number of pyridine rings is 1. The van der Waals surface area contributed by atoms with Crippen LogP contribution in [0.5, 0.6) is 11.5 Å². The van der Waals surface area contributed by atoms with E-state index in [4.69, 9.17) is 9.47 Å². The van der Waals surface area contributed by atoms with Crippen LogP contribution in [0, 0.1) is 0 Å². The van der Waals surface area contributed by atoms with Crippen molar-refractivity contribution in [1.82, 2.24) is 9.88 Å². The maximum atomic E-state index is 12.5. The Bertz CT molecular complexity index is 745. The minimum atomic E-state index is -0.0916. The Hall–Kier alpha value is -2.96. The Labute approximate surface area is 146 Å². The molecule has 0 saturated carbocycles. The van der Waals surface area contributed by atoms with Crippen molar-refractivity contribution < 1.29 is 14.3 Å². The summed E-state index contributed by atoms with van der Waals surface area (Å²) in [4.78, 5) is 20.6. The second kappa shape index (κ2) is 6.88. The smallest absolute Gasteiger partial charge is 0.321 e. The number of ether oxygens (including phenoxy) is 2. The Kier molecular flexibility index (Phi) is 4.28. The van der Waals surface area contributed by atoms with E-state index in [-0.39, 0.29) is 6.03 Å². The van der Waals surface area contributed by atoms with Gasteiger partial charge < -0.3 is 24.6 Å². The van der Waals surface area contributed by atoms with Crippen LogP contribution < -0.4 is 19.7 Å². The lowest BCUT2D eigenvalue weighted by atomic mass is 10.2. The number of hydrogen-bond acceptors (Lipinski definition) is 5. The Morgan fingerprint density at radius 2 is 1.68 bits per heavy atom.